The van der Waals surface area contributed by atoms with Crippen LogP contribution in [0.3, 0.4) is 0 Å². The summed E-state index contributed by atoms with van der Waals surface area (Å²) in [4.78, 5) is 19.3. The Kier molecular flexibility index (Phi) is 6.23. The second-order valence-corrected chi connectivity index (χ2v) is 8.68. The predicted octanol–water partition coefficient (Wildman–Crippen LogP) is 4.48. The van der Waals surface area contributed by atoms with Crippen LogP contribution in [0.5, 0.6) is 0 Å². The molecule has 1 amide bonds. The number of amides is 1. The Morgan fingerprint density at radius 2 is 1.93 bits per heavy atom. The summed E-state index contributed by atoms with van der Waals surface area (Å²) in [5, 5.41) is 8.09. The number of nitrogens with one attached hydrogen (secondary N) is 1. The number of fused-ring (bicyclic) bond motifs is 1. The molecule has 0 spiro atoms. The zero-order chi connectivity index (χ0) is 20.2. The minimum Gasteiger partial charge on any atom is -0.373 e. The number of carbonyl (C=O) groups excluding carboxylic acids is 1. The number of aromatic nitrogens is 1. The van der Waals surface area contributed by atoms with Crippen molar-refractivity contribution in [3.8, 4) is 0 Å². The van der Waals surface area contributed by atoms with Gasteiger partial charge in [-0.15, -0.1) is 11.3 Å². The largest absolute Gasteiger partial charge is 0.373 e. The molecule has 3 aromatic rings. The summed E-state index contributed by atoms with van der Waals surface area (Å²) >= 11 is 1.49. The highest BCUT2D eigenvalue weighted by atomic mass is 32.1. The van der Waals surface area contributed by atoms with E-state index in [0.717, 1.165) is 31.7 Å². The standard InChI is InChI=1S/C23H27N3O2S/c1-16-12-26(13-17(2)28-16)14-21-15-29-23(24-21)25-22(27)10-8-18-7-9-19-5-3-4-6-20(19)11-18/h3-7,9,11,15-17H,8,10,12-14H2,1-2H3,(H,24,25,27). The third-order valence-corrected chi connectivity index (χ3v) is 5.94. The summed E-state index contributed by atoms with van der Waals surface area (Å²) < 4.78 is 5.78. The molecule has 2 unspecified atom stereocenters. The number of benzene rings is 2. The van der Waals surface area contributed by atoms with Crippen molar-refractivity contribution in [2.45, 2.75) is 45.4 Å². The molecule has 0 radical (unpaired) electrons. The molecule has 2 atom stereocenters. The molecular weight excluding hydrogens is 382 g/mol. The fourth-order valence-electron chi connectivity index (χ4n) is 3.91. The number of carbonyl (C=O) groups is 1. The maximum absolute atomic E-state index is 12.4. The average molecular weight is 410 g/mol. The fourth-order valence-corrected chi connectivity index (χ4v) is 4.63. The number of ether oxygens (including phenoxy) is 1. The topological polar surface area (TPSA) is 54.5 Å². The molecule has 5 nitrogen and oxygen atoms in total. The van der Waals surface area contributed by atoms with E-state index in [9.17, 15) is 4.79 Å². The fraction of sp³-hybridized carbons (Fsp3) is 0.391. The average Bonchev–Trinajstić information content (AvgIpc) is 3.12. The zero-order valence-electron chi connectivity index (χ0n) is 16.9. The third kappa shape index (κ3) is 5.41. The number of thiazole rings is 1. The highest BCUT2D eigenvalue weighted by molar-refractivity contribution is 7.13. The Morgan fingerprint density at radius 3 is 2.72 bits per heavy atom. The summed E-state index contributed by atoms with van der Waals surface area (Å²) in [6.07, 6.45) is 1.66. The maximum Gasteiger partial charge on any atom is 0.226 e. The zero-order valence-corrected chi connectivity index (χ0v) is 17.7. The van der Waals surface area contributed by atoms with Gasteiger partial charge in [-0.2, -0.15) is 0 Å². The van der Waals surface area contributed by atoms with E-state index in [4.69, 9.17) is 4.74 Å². The number of morpholine rings is 1. The second-order valence-electron chi connectivity index (χ2n) is 7.83. The number of anilines is 1. The lowest BCUT2D eigenvalue weighted by atomic mass is 10.0. The van der Waals surface area contributed by atoms with Gasteiger partial charge in [0.15, 0.2) is 5.13 Å². The lowest BCUT2D eigenvalue weighted by Crippen LogP contribution is -2.44. The molecule has 6 heteroatoms. The van der Waals surface area contributed by atoms with Crippen LogP contribution in [0.2, 0.25) is 0 Å². The summed E-state index contributed by atoms with van der Waals surface area (Å²) in [6.45, 7) is 6.82. The smallest absolute Gasteiger partial charge is 0.226 e. The van der Waals surface area contributed by atoms with Crippen LogP contribution in [0.25, 0.3) is 10.8 Å². The van der Waals surface area contributed by atoms with E-state index in [2.05, 4.69) is 59.4 Å². The first kappa shape index (κ1) is 20.0. The van der Waals surface area contributed by atoms with Crippen LogP contribution >= 0.6 is 11.3 Å². The van der Waals surface area contributed by atoms with Crippen molar-refractivity contribution < 1.29 is 9.53 Å². The van der Waals surface area contributed by atoms with E-state index in [1.165, 1.54) is 27.7 Å². The van der Waals surface area contributed by atoms with Crippen molar-refractivity contribution in [3.63, 3.8) is 0 Å². The second kappa shape index (κ2) is 9.03. The van der Waals surface area contributed by atoms with Crippen LogP contribution in [0, 0.1) is 0 Å². The van der Waals surface area contributed by atoms with E-state index in [-0.39, 0.29) is 18.1 Å². The lowest BCUT2D eigenvalue weighted by Gasteiger charge is -2.34. The lowest BCUT2D eigenvalue weighted by molar-refractivity contribution is -0.116. The summed E-state index contributed by atoms with van der Waals surface area (Å²) in [5.74, 6) is 0.00711. The number of rotatable bonds is 6. The molecule has 4 rings (SSSR count). The summed E-state index contributed by atoms with van der Waals surface area (Å²) in [5.41, 5.74) is 2.18. The van der Waals surface area contributed by atoms with Gasteiger partial charge < -0.3 is 10.1 Å². The van der Waals surface area contributed by atoms with Crippen LogP contribution in [0.4, 0.5) is 5.13 Å². The van der Waals surface area contributed by atoms with Crippen molar-refractivity contribution in [1.29, 1.82) is 0 Å². The molecule has 1 aliphatic rings. The highest BCUT2D eigenvalue weighted by Crippen LogP contribution is 2.20. The first-order valence-corrected chi connectivity index (χ1v) is 11.0. The molecule has 0 saturated carbocycles. The predicted molar refractivity (Wildman–Crippen MR) is 118 cm³/mol. The summed E-state index contributed by atoms with van der Waals surface area (Å²) in [7, 11) is 0. The molecule has 1 saturated heterocycles. The molecule has 0 aliphatic carbocycles. The SMILES string of the molecule is CC1CN(Cc2csc(NC(=O)CCc3ccc4ccccc4c3)n2)CC(C)O1. The quantitative estimate of drug-likeness (QED) is 0.652. The van der Waals surface area contributed by atoms with E-state index < -0.39 is 0 Å². The van der Waals surface area contributed by atoms with Gasteiger partial charge in [0.2, 0.25) is 5.91 Å². The van der Waals surface area contributed by atoms with E-state index in [1.54, 1.807) is 0 Å². The Labute approximate surface area is 175 Å². The molecule has 2 heterocycles. The van der Waals surface area contributed by atoms with Crippen molar-refractivity contribution >= 4 is 33.1 Å². The molecule has 152 valence electrons. The number of hydrogen-bond donors (Lipinski definition) is 1. The Bertz CT molecular complexity index is 977. The van der Waals surface area contributed by atoms with Gasteiger partial charge in [-0.1, -0.05) is 42.5 Å². The minimum absolute atomic E-state index is 0.00711. The van der Waals surface area contributed by atoms with Crippen molar-refractivity contribution in [2.75, 3.05) is 18.4 Å². The van der Waals surface area contributed by atoms with Gasteiger partial charge in [-0.05, 0) is 36.6 Å². The van der Waals surface area contributed by atoms with Gasteiger partial charge in [-0.25, -0.2) is 4.98 Å². The Balaban J connectivity index is 1.28. The van der Waals surface area contributed by atoms with E-state index >= 15 is 0 Å². The normalized spacial score (nSPS) is 20.1. The first-order chi connectivity index (χ1) is 14.0. The van der Waals surface area contributed by atoms with Gasteiger partial charge >= 0.3 is 0 Å². The minimum atomic E-state index is 0.00711. The maximum atomic E-state index is 12.4. The van der Waals surface area contributed by atoms with Gasteiger partial charge in [-0.3, -0.25) is 9.69 Å². The molecule has 29 heavy (non-hydrogen) atoms. The molecule has 1 aromatic heterocycles. The van der Waals surface area contributed by atoms with Crippen molar-refractivity contribution in [3.05, 3.63) is 59.1 Å². The third-order valence-electron chi connectivity index (χ3n) is 5.13. The molecule has 2 aromatic carbocycles. The monoisotopic (exact) mass is 409 g/mol. The van der Waals surface area contributed by atoms with Gasteiger partial charge in [0.25, 0.3) is 0 Å². The molecule has 0 bridgehead atoms. The Hall–Kier alpha value is -2.28. The van der Waals surface area contributed by atoms with E-state index in [1.807, 2.05) is 17.5 Å². The summed E-state index contributed by atoms with van der Waals surface area (Å²) in [6, 6.07) is 14.7. The van der Waals surface area contributed by atoms with Crippen LogP contribution in [0.15, 0.2) is 47.8 Å². The molecule has 1 fully saturated rings. The van der Waals surface area contributed by atoms with Gasteiger partial charge in [0, 0.05) is 31.4 Å². The number of hydrogen-bond acceptors (Lipinski definition) is 5. The number of aryl methyl sites for hydroxylation is 1. The molecule has 1 N–H and O–H groups in total. The van der Waals surface area contributed by atoms with Crippen LogP contribution in [-0.2, 0) is 22.5 Å². The van der Waals surface area contributed by atoms with Crippen molar-refractivity contribution in [2.24, 2.45) is 0 Å². The van der Waals surface area contributed by atoms with Crippen LogP contribution in [0.1, 0.15) is 31.5 Å². The van der Waals surface area contributed by atoms with Gasteiger partial charge in [0.05, 0.1) is 17.9 Å². The molecule has 1 aliphatic heterocycles. The van der Waals surface area contributed by atoms with Crippen molar-refractivity contribution in [1.82, 2.24) is 9.88 Å². The van der Waals surface area contributed by atoms with Crippen LogP contribution in [-0.4, -0.2) is 41.1 Å². The Morgan fingerprint density at radius 1 is 1.17 bits per heavy atom. The highest BCUT2D eigenvalue weighted by Gasteiger charge is 2.22. The number of nitrogens with zero attached hydrogens (tertiary/aromatic N) is 2. The van der Waals surface area contributed by atoms with E-state index in [0.29, 0.717) is 11.6 Å². The van der Waals surface area contributed by atoms with Gasteiger partial charge in [0.1, 0.15) is 0 Å². The first-order valence-electron chi connectivity index (χ1n) is 10.1. The molecular formula is C23H27N3O2S. The van der Waals surface area contributed by atoms with Crippen LogP contribution < -0.4 is 5.32 Å².